The average molecular weight is 222 g/mol. The Hall–Kier alpha value is -1.30. The van der Waals surface area contributed by atoms with Gasteiger partial charge in [-0.05, 0) is 26.7 Å². The zero-order chi connectivity index (χ0) is 12.8. The highest BCUT2D eigenvalue weighted by molar-refractivity contribution is 5.85. The van der Waals surface area contributed by atoms with E-state index in [4.69, 9.17) is 0 Å². The lowest BCUT2D eigenvalue weighted by atomic mass is 9.82. The van der Waals surface area contributed by atoms with Crippen LogP contribution in [0.1, 0.15) is 40.5 Å². The number of hydrogen-bond acceptors (Lipinski definition) is 2. The molecule has 16 heavy (non-hydrogen) atoms. The summed E-state index contributed by atoms with van der Waals surface area (Å²) in [6.45, 7) is 12.6. The fourth-order valence-electron chi connectivity index (χ4n) is 1.71. The van der Waals surface area contributed by atoms with Crippen LogP contribution in [0.4, 0.5) is 0 Å². The van der Waals surface area contributed by atoms with Crippen LogP contribution < -0.4 is 0 Å². The number of nitriles is 1. The van der Waals surface area contributed by atoms with Crippen LogP contribution in [0.15, 0.2) is 12.2 Å². The molecule has 0 rings (SSSR count). The Kier molecular flexibility index (Phi) is 5.81. The molecule has 0 aliphatic rings. The fraction of sp³-hybridized carbons (Fsp3) is 0.692. The van der Waals surface area contributed by atoms with Crippen LogP contribution in [0.25, 0.3) is 0 Å². The van der Waals surface area contributed by atoms with E-state index in [-0.39, 0.29) is 5.91 Å². The molecule has 0 radical (unpaired) electrons. The molecule has 0 aromatic rings. The third-order valence-corrected chi connectivity index (χ3v) is 2.96. The largest absolute Gasteiger partial charge is 0.338 e. The van der Waals surface area contributed by atoms with Gasteiger partial charge in [-0.2, -0.15) is 5.26 Å². The Morgan fingerprint density at radius 1 is 1.38 bits per heavy atom. The zero-order valence-electron chi connectivity index (χ0n) is 10.8. The first-order chi connectivity index (χ1) is 7.47. The number of nitrogens with zero attached hydrogens (tertiary/aromatic N) is 2. The van der Waals surface area contributed by atoms with Crippen LogP contribution in [0.3, 0.4) is 0 Å². The van der Waals surface area contributed by atoms with Gasteiger partial charge < -0.3 is 4.90 Å². The lowest BCUT2D eigenvalue weighted by Crippen LogP contribution is -2.43. The molecule has 0 aromatic heterocycles. The van der Waals surface area contributed by atoms with E-state index >= 15 is 0 Å². The van der Waals surface area contributed by atoms with Crippen molar-refractivity contribution in [2.75, 3.05) is 13.1 Å². The molecular weight excluding hydrogens is 200 g/mol. The molecule has 0 saturated carbocycles. The summed E-state index contributed by atoms with van der Waals surface area (Å²) >= 11 is 0. The van der Waals surface area contributed by atoms with E-state index in [1.54, 1.807) is 4.90 Å². The van der Waals surface area contributed by atoms with E-state index in [1.807, 2.05) is 27.7 Å². The van der Waals surface area contributed by atoms with Crippen molar-refractivity contribution >= 4 is 5.91 Å². The molecule has 0 spiro atoms. The van der Waals surface area contributed by atoms with E-state index in [9.17, 15) is 10.1 Å². The van der Waals surface area contributed by atoms with E-state index in [0.29, 0.717) is 25.9 Å². The molecule has 3 heteroatoms. The lowest BCUT2D eigenvalue weighted by molar-refractivity contribution is -0.138. The number of likely N-dealkylation sites (N-methyl/N-ethyl adjacent to an activating group) is 1. The third-order valence-electron chi connectivity index (χ3n) is 2.96. The quantitative estimate of drug-likeness (QED) is 0.649. The van der Waals surface area contributed by atoms with E-state index in [0.717, 1.165) is 5.57 Å². The summed E-state index contributed by atoms with van der Waals surface area (Å²) in [6, 6.07) is 2.18. The van der Waals surface area contributed by atoms with Gasteiger partial charge in [0, 0.05) is 13.1 Å². The molecule has 0 N–H and O–H groups in total. The van der Waals surface area contributed by atoms with Gasteiger partial charge in [-0.25, -0.2) is 0 Å². The van der Waals surface area contributed by atoms with Crippen molar-refractivity contribution in [1.29, 1.82) is 5.26 Å². The molecule has 0 aliphatic heterocycles. The number of amides is 1. The normalized spacial score (nSPS) is 10.7. The van der Waals surface area contributed by atoms with Crippen molar-refractivity contribution in [1.82, 2.24) is 4.90 Å². The Balaban J connectivity index is 4.98. The summed E-state index contributed by atoms with van der Waals surface area (Å²) in [5.41, 5.74) is 0.0834. The molecule has 0 heterocycles. The number of rotatable bonds is 6. The highest BCUT2D eigenvalue weighted by Gasteiger charge is 2.37. The van der Waals surface area contributed by atoms with Crippen LogP contribution in [0.5, 0.6) is 0 Å². The van der Waals surface area contributed by atoms with Crippen molar-refractivity contribution < 1.29 is 4.79 Å². The van der Waals surface area contributed by atoms with E-state index < -0.39 is 5.41 Å². The smallest absolute Gasteiger partial charge is 0.243 e. The van der Waals surface area contributed by atoms with Crippen LogP contribution >= 0.6 is 0 Å². The van der Waals surface area contributed by atoms with Gasteiger partial charge in [-0.1, -0.05) is 26.0 Å². The first kappa shape index (κ1) is 14.7. The minimum absolute atomic E-state index is 0.0644. The average Bonchev–Trinajstić information content (AvgIpc) is 2.28. The van der Waals surface area contributed by atoms with Gasteiger partial charge in [0.1, 0.15) is 5.41 Å². The molecule has 1 amide bonds. The molecule has 3 nitrogen and oxygen atoms in total. The van der Waals surface area contributed by atoms with Gasteiger partial charge in [0.15, 0.2) is 0 Å². The summed E-state index contributed by atoms with van der Waals surface area (Å²) in [4.78, 5) is 14.0. The monoisotopic (exact) mass is 222 g/mol. The van der Waals surface area contributed by atoms with Crippen molar-refractivity contribution in [3.63, 3.8) is 0 Å². The van der Waals surface area contributed by atoms with Crippen molar-refractivity contribution in [3.8, 4) is 6.07 Å². The first-order valence-corrected chi connectivity index (χ1v) is 5.82. The Morgan fingerprint density at radius 3 is 2.12 bits per heavy atom. The molecule has 0 atom stereocenters. The lowest BCUT2D eigenvalue weighted by Gasteiger charge is -2.30. The Bertz CT molecular complexity index is 298. The Morgan fingerprint density at radius 2 is 1.88 bits per heavy atom. The summed E-state index contributed by atoms with van der Waals surface area (Å²) in [5, 5.41) is 9.21. The minimum Gasteiger partial charge on any atom is -0.338 e. The van der Waals surface area contributed by atoms with Gasteiger partial charge >= 0.3 is 0 Å². The van der Waals surface area contributed by atoms with Gasteiger partial charge in [0.2, 0.25) is 5.91 Å². The SMILES string of the molecule is C=C(C)CN(CC)C(=O)C(C#N)(CC)CC. The first-order valence-electron chi connectivity index (χ1n) is 5.82. The van der Waals surface area contributed by atoms with E-state index in [2.05, 4.69) is 12.6 Å². The van der Waals surface area contributed by atoms with Crippen molar-refractivity contribution in [3.05, 3.63) is 12.2 Å². The summed E-state index contributed by atoms with van der Waals surface area (Å²) in [5.74, 6) is -0.0644. The molecular formula is C13H22N2O. The molecule has 0 aliphatic carbocycles. The third kappa shape index (κ3) is 3.10. The fourth-order valence-corrected chi connectivity index (χ4v) is 1.71. The van der Waals surface area contributed by atoms with E-state index in [1.165, 1.54) is 0 Å². The van der Waals surface area contributed by atoms with Crippen LogP contribution in [0, 0.1) is 16.7 Å². The highest BCUT2D eigenvalue weighted by Crippen LogP contribution is 2.28. The molecule has 0 saturated heterocycles. The van der Waals surface area contributed by atoms with Crippen molar-refractivity contribution in [2.24, 2.45) is 5.41 Å². The topological polar surface area (TPSA) is 44.1 Å². The van der Waals surface area contributed by atoms with Crippen LogP contribution in [-0.4, -0.2) is 23.9 Å². The molecule has 0 aromatic carbocycles. The predicted octanol–water partition coefficient (Wildman–Crippen LogP) is 2.74. The van der Waals surface area contributed by atoms with Gasteiger partial charge in [-0.3, -0.25) is 4.79 Å². The summed E-state index contributed by atoms with van der Waals surface area (Å²) in [6.07, 6.45) is 1.12. The highest BCUT2D eigenvalue weighted by atomic mass is 16.2. The maximum absolute atomic E-state index is 12.3. The van der Waals surface area contributed by atoms with Gasteiger partial charge in [-0.15, -0.1) is 0 Å². The summed E-state index contributed by atoms with van der Waals surface area (Å²) in [7, 11) is 0. The summed E-state index contributed by atoms with van der Waals surface area (Å²) < 4.78 is 0. The Labute approximate surface area is 98.7 Å². The maximum atomic E-state index is 12.3. The zero-order valence-corrected chi connectivity index (χ0v) is 10.8. The second-order valence-electron chi connectivity index (χ2n) is 4.18. The number of carbonyl (C=O) groups is 1. The predicted molar refractivity (Wildman–Crippen MR) is 65.7 cm³/mol. The van der Waals surface area contributed by atoms with Gasteiger partial charge in [0.05, 0.1) is 6.07 Å². The molecule has 0 bridgehead atoms. The van der Waals surface area contributed by atoms with Crippen LogP contribution in [0.2, 0.25) is 0 Å². The second-order valence-corrected chi connectivity index (χ2v) is 4.18. The minimum atomic E-state index is -0.856. The molecule has 0 unspecified atom stereocenters. The second kappa shape index (κ2) is 6.32. The standard InChI is InChI=1S/C13H22N2O/c1-6-13(7-2,10-14)12(16)15(8-3)9-11(4)5/h4,6-9H2,1-3,5H3. The molecule has 90 valence electrons. The van der Waals surface area contributed by atoms with Crippen LogP contribution in [-0.2, 0) is 4.79 Å². The maximum Gasteiger partial charge on any atom is 0.243 e. The molecule has 0 fully saturated rings. The van der Waals surface area contributed by atoms with Crippen molar-refractivity contribution in [2.45, 2.75) is 40.5 Å². The number of hydrogen-bond donors (Lipinski definition) is 0. The number of carbonyl (C=O) groups excluding carboxylic acids is 1. The van der Waals surface area contributed by atoms with Gasteiger partial charge in [0.25, 0.3) is 0 Å².